The van der Waals surface area contributed by atoms with Crippen molar-refractivity contribution in [2.75, 3.05) is 10.8 Å². The lowest BCUT2D eigenvalue weighted by Crippen LogP contribution is -2.35. The minimum absolute atomic E-state index is 0.212. The predicted molar refractivity (Wildman–Crippen MR) is 81.2 cm³/mol. The van der Waals surface area contributed by atoms with Gasteiger partial charge in [-0.25, -0.2) is 8.42 Å². The molecule has 0 radical (unpaired) electrons. The molecular formula is C14H13BrN2O2S. The fourth-order valence-corrected chi connectivity index (χ4v) is 4.46. The number of hydrogen-bond donors (Lipinski definition) is 0. The van der Waals surface area contributed by atoms with E-state index in [1.54, 1.807) is 12.3 Å². The SMILES string of the molecule is O=S(=O)(c1cncc(Br)c1)N1CCCc2ccccc21. The third-order valence-electron chi connectivity index (χ3n) is 3.34. The minimum Gasteiger partial charge on any atom is -0.266 e. The van der Waals surface area contributed by atoms with Crippen molar-refractivity contribution in [2.45, 2.75) is 17.7 Å². The van der Waals surface area contributed by atoms with E-state index in [4.69, 9.17) is 0 Å². The number of hydrogen-bond acceptors (Lipinski definition) is 3. The third kappa shape index (κ3) is 2.33. The number of rotatable bonds is 2. The van der Waals surface area contributed by atoms with Crippen LogP contribution in [0.25, 0.3) is 0 Å². The standard InChI is InChI=1S/C14H13BrN2O2S/c15-12-8-13(10-16-9-12)20(18,19)17-7-3-5-11-4-1-2-6-14(11)17/h1-2,4,6,8-10H,3,5,7H2. The summed E-state index contributed by atoms with van der Waals surface area (Å²) in [6.07, 6.45) is 4.71. The van der Waals surface area contributed by atoms with Gasteiger partial charge in [-0.2, -0.15) is 0 Å². The molecular weight excluding hydrogens is 340 g/mol. The molecule has 0 fully saturated rings. The highest BCUT2D eigenvalue weighted by molar-refractivity contribution is 9.10. The number of fused-ring (bicyclic) bond motifs is 1. The van der Waals surface area contributed by atoms with Crippen molar-refractivity contribution in [2.24, 2.45) is 0 Å². The monoisotopic (exact) mass is 352 g/mol. The number of halogens is 1. The number of para-hydroxylation sites is 1. The van der Waals surface area contributed by atoms with E-state index < -0.39 is 10.0 Å². The number of anilines is 1. The van der Waals surface area contributed by atoms with Gasteiger partial charge in [0.05, 0.1) is 5.69 Å². The lowest BCUT2D eigenvalue weighted by Gasteiger charge is -2.30. The van der Waals surface area contributed by atoms with Crippen LogP contribution in [-0.2, 0) is 16.4 Å². The molecule has 0 N–H and O–H groups in total. The van der Waals surface area contributed by atoms with Gasteiger partial charge in [0.2, 0.25) is 0 Å². The van der Waals surface area contributed by atoms with Crippen LogP contribution in [0.5, 0.6) is 0 Å². The Kier molecular flexibility index (Phi) is 3.52. The molecule has 0 aliphatic carbocycles. The van der Waals surface area contributed by atoms with Crippen molar-refractivity contribution in [1.29, 1.82) is 0 Å². The molecule has 0 atom stereocenters. The van der Waals surface area contributed by atoms with Gasteiger partial charge >= 0.3 is 0 Å². The highest BCUT2D eigenvalue weighted by Gasteiger charge is 2.29. The lowest BCUT2D eigenvalue weighted by molar-refractivity contribution is 0.586. The second kappa shape index (κ2) is 5.18. The van der Waals surface area contributed by atoms with Crippen molar-refractivity contribution in [3.8, 4) is 0 Å². The Morgan fingerprint density at radius 3 is 2.80 bits per heavy atom. The summed E-state index contributed by atoms with van der Waals surface area (Å²) in [7, 11) is -3.56. The zero-order valence-corrected chi connectivity index (χ0v) is 13.1. The number of benzene rings is 1. The quantitative estimate of drug-likeness (QED) is 0.834. The largest absolute Gasteiger partial charge is 0.266 e. The Hall–Kier alpha value is -1.40. The van der Waals surface area contributed by atoms with Gasteiger partial charge in [-0.05, 0) is 46.5 Å². The number of aromatic nitrogens is 1. The van der Waals surface area contributed by atoms with Crippen molar-refractivity contribution in [1.82, 2.24) is 4.98 Å². The summed E-state index contributed by atoms with van der Waals surface area (Å²) in [5, 5.41) is 0. The summed E-state index contributed by atoms with van der Waals surface area (Å²) >= 11 is 3.26. The lowest BCUT2D eigenvalue weighted by atomic mass is 10.0. The molecule has 104 valence electrons. The number of sulfonamides is 1. The Balaban J connectivity index is 2.10. The molecule has 20 heavy (non-hydrogen) atoms. The molecule has 1 aliphatic heterocycles. The first-order chi connectivity index (χ1) is 9.59. The van der Waals surface area contributed by atoms with Crippen molar-refractivity contribution < 1.29 is 8.42 Å². The van der Waals surface area contributed by atoms with Gasteiger partial charge in [0.1, 0.15) is 4.90 Å². The molecule has 1 aromatic heterocycles. The molecule has 0 unspecified atom stereocenters. The van der Waals surface area contributed by atoms with Gasteiger partial charge in [0, 0.05) is 23.4 Å². The maximum atomic E-state index is 12.8. The van der Waals surface area contributed by atoms with Crippen LogP contribution in [0, 0.1) is 0 Å². The first kappa shape index (κ1) is 13.6. The molecule has 1 aliphatic rings. The second-order valence-corrected chi connectivity index (χ2v) is 7.43. The summed E-state index contributed by atoms with van der Waals surface area (Å²) in [6.45, 7) is 0.506. The van der Waals surface area contributed by atoms with Gasteiger partial charge in [-0.1, -0.05) is 18.2 Å². The van der Waals surface area contributed by atoms with Crippen LogP contribution in [0.1, 0.15) is 12.0 Å². The Bertz CT molecular complexity index is 746. The molecule has 4 nitrogen and oxygen atoms in total. The second-order valence-electron chi connectivity index (χ2n) is 4.65. The number of pyridine rings is 1. The summed E-state index contributed by atoms with van der Waals surface area (Å²) < 4.78 is 27.7. The van der Waals surface area contributed by atoms with E-state index in [1.807, 2.05) is 24.3 Å². The van der Waals surface area contributed by atoms with Crippen LogP contribution < -0.4 is 4.31 Å². The minimum atomic E-state index is -3.56. The smallest absolute Gasteiger partial charge is 0.265 e. The van der Waals surface area contributed by atoms with E-state index in [9.17, 15) is 8.42 Å². The molecule has 0 saturated carbocycles. The fourth-order valence-electron chi connectivity index (χ4n) is 2.41. The van der Waals surface area contributed by atoms with E-state index >= 15 is 0 Å². The highest BCUT2D eigenvalue weighted by atomic mass is 79.9. The summed E-state index contributed by atoms with van der Waals surface area (Å²) in [4.78, 5) is 4.16. The molecule has 0 bridgehead atoms. The molecule has 6 heteroatoms. The Morgan fingerprint density at radius 1 is 1.20 bits per heavy atom. The average molecular weight is 353 g/mol. The Labute approximate surface area is 126 Å². The average Bonchev–Trinajstić information content (AvgIpc) is 2.46. The first-order valence-corrected chi connectivity index (χ1v) is 8.53. The van der Waals surface area contributed by atoms with Crippen LogP contribution >= 0.6 is 15.9 Å². The maximum absolute atomic E-state index is 12.8. The highest BCUT2D eigenvalue weighted by Crippen LogP contribution is 2.31. The fraction of sp³-hybridized carbons (Fsp3) is 0.214. The maximum Gasteiger partial charge on any atom is 0.265 e. The number of nitrogens with zero attached hydrogens (tertiary/aromatic N) is 2. The zero-order chi connectivity index (χ0) is 14.2. The number of aryl methyl sites for hydroxylation is 1. The molecule has 0 spiro atoms. The summed E-state index contributed by atoms with van der Waals surface area (Å²) in [5.41, 5.74) is 1.85. The van der Waals surface area contributed by atoms with Gasteiger partial charge in [0.25, 0.3) is 10.0 Å². The Morgan fingerprint density at radius 2 is 2.00 bits per heavy atom. The van der Waals surface area contributed by atoms with Gasteiger partial charge < -0.3 is 0 Å². The summed E-state index contributed by atoms with van der Waals surface area (Å²) in [5.74, 6) is 0. The predicted octanol–water partition coefficient (Wildman–Crippen LogP) is 2.99. The van der Waals surface area contributed by atoms with E-state index in [2.05, 4.69) is 20.9 Å². The molecule has 0 saturated heterocycles. The van der Waals surface area contributed by atoms with Crippen molar-refractivity contribution in [3.05, 3.63) is 52.8 Å². The third-order valence-corrected chi connectivity index (χ3v) is 5.55. The van der Waals surface area contributed by atoms with E-state index in [0.717, 1.165) is 24.1 Å². The van der Waals surface area contributed by atoms with Crippen molar-refractivity contribution >= 4 is 31.6 Å². The molecule has 2 heterocycles. The van der Waals surface area contributed by atoms with Crippen LogP contribution in [0.15, 0.2) is 52.1 Å². The molecule has 1 aromatic carbocycles. The first-order valence-electron chi connectivity index (χ1n) is 6.30. The van der Waals surface area contributed by atoms with E-state index in [1.165, 1.54) is 10.5 Å². The van der Waals surface area contributed by atoms with Crippen LogP contribution in [0.4, 0.5) is 5.69 Å². The molecule has 2 aromatic rings. The van der Waals surface area contributed by atoms with Crippen molar-refractivity contribution in [3.63, 3.8) is 0 Å². The molecule has 3 rings (SSSR count). The molecule has 0 amide bonds. The van der Waals surface area contributed by atoms with Crippen LogP contribution in [0.3, 0.4) is 0 Å². The topological polar surface area (TPSA) is 50.3 Å². The zero-order valence-electron chi connectivity index (χ0n) is 10.7. The van der Waals surface area contributed by atoms with Gasteiger partial charge in [-0.3, -0.25) is 9.29 Å². The van der Waals surface area contributed by atoms with Crippen LogP contribution in [0.2, 0.25) is 0 Å². The van der Waals surface area contributed by atoms with Crippen LogP contribution in [-0.4, -0.2) is 19.9 Å². The van der Waals surface area contributed by atoms with E-state index in [0.29, 0.717) is 11.0 Å². The summed E-state index contributed by atoms with van der Waals surface area (Å²) in [6, 6.07) is 9.23. The van der Waals surface area contributed by atoms with Gasteiger partial charge in [-0.15, -0.1) is 0 Å². The van der Waals surface area contributed by atoms with Gasteiger partial charge in [0.15, 0.2) is 0 Å². The normalized spacial score (nSPS) is 14.9. The van der Waals surface area contributed by atoms with E-state index in [-0.39, 0.29) is 4.90 Å².